The van der Waals surface area contributed by atoms with Gasteiger partial charge in [-0.2, -0.15) is 0 Å². The van der Waals surface area contributed by atoms with Gasteiger partial charge in [-0.1, -0.05) is 30.3 Å². The highest BCUT2D eigenvalue weighted by molar-refractivity contribution is 5.77. The van der Waals surface area contributed by atoms with Crippen molar-refractivity contribution in [1.29, 1.82) is 0 Å². The summed E-state index contributed by atoms with van der Waals surface area (Å²) in [4.78, 5) is 11.9. The molecule has 4 nitrogen and oxygen atoms in total. The molecule has 0 saturated carbocycles. The number of ether oxygens (including phenoxy) is 2. The van der Waals surface area contributed by atoms with Crippen molar-refractivity contribution in [3.05, 3.63) is 59.7 Å². The summed E-state index contributed by atoms with van der Waals surface area (Å²) in [6.45, 7) is 2.80. The lowest BCUT2D eigenvalue weighted by atomic mass is 10.0. The maximum atomic E-state index is 11.9. The molecule has 120 valence electrons. The average molecular weight is 311 g/mol. The van der Waals surface area contributed by atoms with Crippen molar-refractivity contribution in [2.45, 2.75) is 25.8 Å². The zero-order valence-electron chi connectivity index (χ0n) is 13.2. The van der Waals surface area contributed by atoms with E-state index in [1.165, 1.54) is 11.1 Å². The Labute approximate surface area is 136 Å². The minimum Gasteiger partial charge on any atom is -0.493 e. The summed E-state index contributed by atoms with van der Waals surface area (Å²) in [6.07, 6.45) is 1.76. The number of rotatable bonds is 6. The Kier molecular flexibility index (Phi) is 4.81. The molecule has 1 aliphatic heterocycles. The number of hydrogen-bond acceptors (Lipinski definition) is 3. The van der Waals surface area contributed by atoms with Crippen LogP contribution in [0, 0.1) is 0 Å². The molecule has 0 fully saturated rings. The maximum absolute atomic E-state index is 11.9. The second-order valence-electron chi connectivity index (χ2n) is 5.81. The van der Waals surface area contributed by atoms with Gasteiger partial charge < -0.3 is 14.8 Å². The highest BCUT2D eigenvalue weighted by Gasteiger charge is 2.14. The lowest BCUT2D eigenvalue weighted by Crippen LogP contribution is -2.37. The molecule has 1 heterocycles. The molecule has 0 aliphatic carbocycles. The van der Waals surface area contributed by atoms with Gasteiger partial charge in [-0.05, 0) is 42.7 Å². The number of amides is 1. The quantitative estimate of drug-likeness (QED) is 0.892. The molecule has 1 aliphatic rings. The number of hydrogen-bond donors (Lipinski definition) is 1. The van der Waals surface area contributed by atoms with Gasteiger partial charge in [0, 0.05) is 12.5 Å². The fourth-order valence-corrected chi connectivity index (χ4v) is 2.75. The van der Waals surface area contributed by atoms with Crippen LogP contribution in [0.25, 0.3) is 0 Å². The summed E-state index contributed by atoms with van der Waals surface area (Å²) >= 11 is 0. The van der Waals surface area contributed by atoms with Gasteiger partial charge in [0.1, 0.15) is 11.5 Å². The Bertz CT molecular complexity index is 670. The number of nitrogens with one attached hydrogen (secondary N) is 1. The summed E-state index contributed by atoms with van der Waals surface area (Å²) < 4.78 is 11.0. The van der Waals surface area contributed by atoms with Gasteiger partial charge in [0.05, 0.1) is 6.61 Å². The number of carbonyl (C=O) groups excluding carboxylic acids is 1. The van der Waals surface area contributed by atoms with Crippen LogP contribution in [0.3, 0.4) is 0 Å². The van der Waals surface area contributed by atoms with Crippen LogP contribution in [0.4, 0.5) is 0 Å². The van der Waals surface area contributed by atoms with E-state index in [-0.39, 0.29) is 18.6 Å². The molecular formula is C19H21NO3. The van der Waals surface area contributed by atoms with Crippen molar-refractivity contribution in [2.75, 3.05) is 13.2 Å². The van der Waals surface area contributed by atoms with Crippen LogP contribution < -0.4 is 14.8 Å². The number of carbonyl (C=O) groups is 1. The normalized spacial score (nSPS) is 13.8. The van der Waals surface area contributed by atoms with E-state index in [1.54, 1.807) is 0 Å². The Morgan fingerprint density at radius 3 is 2.91 bits per heavy atom. The predicted octanol–water partition coefficient (Wildman–Crippen LogP) is 2.75. The summed E-state index contributed by atoms with van der Waals surface area (Å²) in [7, 11) is 0. The van der Waals surface area contributed by atoms with Crippen molar-refractivity contribution in [3.8, 4) is 11.5 Å². The molecule has 0 bridgehead atoms. The van der Waals surface area contributed by atoms with E-state index in [4.69, 9.17) is 9.47 Å². The second kappa shape index (κ2) is 7.18. The summed E-state index contributed by atoms with van der Waals surface area (Å²) in [6, 6.07) is 15.7. The molecule has 1 atom stereocenters. The molecule has 2 aromatic carbocycles. The van der Waals surface area contributed by atoms with Crippen LogP contribution in [-0.4, -0.2) is 25.2 Å². The highest BCUT2D eigenvalue weighted by atomic mass is 16.5. The number of benzene rings is 2. The molecule has 23 heavy (non-hydrogen) atoms. The molecule has 1 unspecified atom stereocenters. The van der Waals surface area contributed by atoms with E-state index in [0.717, 1.165) is 25.2 Å². The molecule has 3 rings (SSSR count). The smallest absolute Gasteiger partial charge is 0.258 e. The first-order valence-electron chi connectivity index (χ1n) is 7.92. The molecule has 2 aromatic rings. The summed E-state index contributed by atoms with van der Waals surface area (Å²) in [5.74, 6) is 1.58. The Hall–Kier alpha value is -2.49. The monoisotopic (exact) mass is 311 g/mol. The second-order valence-corrected chi connectivity index (χ2v) is 5.81. The first kappa shape index (κ1) is 15.4. The Morgan fingerprint density at radius 2 is 2.09 bits per heavy atom. The molecule has 1 amide bonds. The molecule has 0 radical (unpaired) electrons. The summed E-state index contributed by atoms with van der Waals surface area (Å²) in [5, 5.41) is 2.97. The van der Waals surface area contributed by atoms with Gasteiger partial charge in [-0.15, -0.1) is 0 Å². The SMILES string of the molecule is CC(Cc1ccc2c(c1)CCO2)NC(=O)COc1ccccc1. The van der Waals surface area contributed by atoms with Gasteiger partial charge in [-0.25, -0.2) is 0 Å². The molecule has 0 spiro atoms. The molecule has 1 N–H and O–H groups in total. The van der Waals surface area contributed by atoms with E-state index >= 15 is 0 Å². The zero-order chi connectivity index (χ0) is 16.1. The first-order chi connectivity index (χ1) is 11.2. The first-order valence-corrected chi connectivity index (χ1v) is 7.92. The lowest BCUT2D eigenvalue weighted by molar-refractivity contribution is -0.123. The third-order valence-electron chi connectivity index (χ3n) is 3.82. The highest BCUT2D eigenvalue weighted by Crippen LogP contribution is 2.26. The summed E-state index contributed by atoms with van der Waals surface area (Å²) in [5.41, 5.74) is 2.47. The van der Waals surface area contributed by atoms with Gasteiger partial charge in [0.2, 0.25) is 0 Å². The number of fused-ring (bicyclic) bond motifs is 1. The molecule has 4 heteroatoms. The van der Waals surface area contributed by atoms with Crippen LogP contribution in [0.1, 0.15) is 18.1 Å². The maximum Gasteiger partial charge on any atom is 0.258 e. The third kappa shape index (κ3) is 4.25. The third-order valence-corrected chi connectivity index (χ3v) is 3.82. The van der Waals surface area contributed by atoms with Crippen molar-refractivity contribution in [2.24, 2.45) is 0 Å². The minimum atomic E-state index is -0.106. The minimum absolute atomic E-state index is 0.0341. The van der Waals surface area contributed by atoms with E-state index in [9.17, 15) is 4.79 Å². The van der Waals surface area contributed by atoms with Crippen molar-refractivity contribution < 1.29 is 14.3 Å². The Balaban J connectivity index is 1.47. The van der Waals surface area contributed by atoms with Crippen molar-refractivity contribution in [3.63, 3.8) is 0 Å². The lowest BCUT2D eigenvalue weighted by Gasteiger charge is -2.15. The van der Waals surface area contributed by atoms with E-state index in [2.05, 4.69) is 17.4 Å². The van der Waals surface area contributed by atoms with Crippen LogP contribution in [0.15, 0.2) is 48.5 Å². The molecule has 0 aromatic heterocycles. The molecule has 0 saturated heterocycles. The topological polar surface area (TPSA) is 47.6 Å². The largest absolute Gasteiger partial charge is 0.493 e. The van der Waals surface area contributed by atoms with Crippen molar-refractivity contribution in [1.82, 2.24) is 5.32 Å². The van der Waals surface area contributed by atoms with Gasteiger partial charge >= 0.3 is 0 Å². The fourth-order valence-electron chi connectivity index (χ4n) is 2.75. The van der Waals surface area contributed by atoms with Crippen LogP contribution >= 0.6 is 0 Å². The fraction of sp³-hybridized carbons (Fsp3) is 0.316. The standard InChI is InChI=1S/C19H21NO3/c1-14(11-15-7-8-18-16(12-15)9-10-22-18)20-19(21)13-23-17-5-3-2-4-6-17/h2-8,12,14H,9-11,13H2,1H3,(H,20,21). The van der Waals surface area contributed by atoms with Gasteiger partial charge in [-0.3, -0.25) is 4.79 Å². The van der Waals surface area contributed by atoms with E-state index < -0.39 is 0 Å². The van der Waals surface area contributed by atoms with Gasteiger partial charge in [0.15, 0.2) is 6.61 Å². The van der Waals surface area contributed by atoms with Crippen LogP contribution in [-0.2, 0) is 17.6 Å². The van der Waals surface area contributed by atoms with E-state index in [0.29, 0.717) is 5.75 Å². The van der Waals surface area contributed by atoms with Crippen molar-refractivity contribution >= 4 is 5.91 Å². The van der Waals surface area contributed by atoms with Crippen LogP contribution in [0.2, 0.25) is 0 Å². The number of para-hydroxylation sites is 1. The van der Waals surface area contributed by atoms with Crippen LogP contribution in [0.5, 0.6) is 11.5 Å². The average Bonchev–Trinajstić information content (AvgIpc) is 3.01. The van der Waals surface area contributed by atoms with E-state index in [1.807, 2.05) is 43.3 Å². The predicted molar refractivity (Wildman–Crippen MR) is 88.9 cm³/mol. The van der Waals surface area contributed by atoms with Gasteiger partial charge in [0.25, 0.3) is 5.91 Å². The Morgan fingerprint density at radius 1 is 1.26 bits per heavy atom. The zero-order valence-corrected chi connectivity index (χ0v) is 13.2. The molecular weight excluding hydrogens is 290 g/mol.